The molecule has 4 bridgehead atoms. The van der Waals surface area contributed by atoms with E-state index in [2.05, 4.69) is 10.3 Å². The van der Waals surface area contributed by atoms with Gasteiger partial charge in [-0.1, -0.05) is 41.9 Å². The van der Waals surface area contributed by atoms with Gasteiger partial charge in [-0.15, -0.1) is 0 Å². The highest BCUT2D eigenvalue weighted by molar-refractivity contribution is 6.30. The van der Waals surface area contributed by atoms with Crippen LogP contribution in [-0.2, 0) is 31.9 Å². The Balaban J connectivity index is 1.26. The minimum absolute atomic E-state index is 0.115. The van der Waals surface area contributed by atoms with Crippen LogP contribution < -0.4 is 5.32 Å². The molecule has 7 rings (SSSR count). The molecule has 0 aliphatic heterocycles. The van der Waals surface area contributed by atoms with Crippen molar-refractivity contribution in [3.05, 3.63) is 70.9 Å². The number of nitrogens with zero attached hydrogens (tertiary/aromatic N) is 1. The number of aromatic amines is 1. The minimum Gasteiger partial charge on any atom is -0.465 e. The van der Waals surface area contributed by atoms with Crippen molar-refractivity contribution in [1.29, 1.82) is 0 Å². The fourth-order valence-corrected chi connectivity index (χ4v) is 8.28. The van der Waals surface area contributed by atoms with E-state index in [-0.39, 0.29) is 38.1 Å². The average Bonchev–Trinajstić information content (AvgIpc) is 3.39. The lowest BCUT2D eigenvalue weighted by Gasteiger charge is -2.53. The van der Waals surface area contributed by atoms with E-state index in [1.165, 1.54) is 11.3 Å². The number of alkyl carbamates (subject to hydrolysis) is 1. The van der Waals surface area contributed by atoms with Crippen LogP contribution in [0.15, 0.2) is 54.7 Å². The monoisotopic (exact) mass is 619 g/mol. The number of H-pyrrole nitrogens is 1. The van der Waals surface area contributed by atoms with E-state index < -0.39 is 17.6 Å². The Hall–Kier alpha value is -3.52. The molecule has 4 fully saturated rings. The molecule has 0 unspecified atom stereocenters. The van der Waals surface area contributed by atoms with Gasteiger partial charge in [0.05, 0.1) is 6.61 Å². The first-order chi connectivity index (χ1) is 21.2. The number of fused-ring (bicyclic) bond motifs is 1. The summed E-state index contributed by atoms with van der Waals surface area (Å²) in [7, 11) is 0. The smallest absolute Gasteiger partial charge is 0.408 e. The zero-order valence-corrected chi connectivity index (χ0v) is 26.3. The number of esters is 1. The summed E-state index contributed by atoms with van der Waals surface area (Å²) in [6.07, 6.45) is 7.70. The fourth-order valence-electron chi connectivity index (χ4n) is 8.16. The summed E-state index contributed by atoms with van der Waals surface area (Å²) in [6, 6.07) is 15.3. The molecule has 4 aliphatic carbocycles. The molecule has 8 nitrogen and oxygen atoms in total. The van der Waals surface area contributed by atoms with Gasteiger partial charge < -0.3 is 24.7 Å². The summed E-state index contributed by atoms with van der Waals surface area (Å²) in [5.74, 6) is 1.44. The summed E-state index contributed by atoms with van der Waals surface area (Å²) < 4.78 is 11.4. The second-order valence-electron chi connectivity index (χ2n) is 13.2. The van der Waals surface area contributed by atoms with Gasteiger partial charge in [-0.25, -0.2) is 4.79 Å². The molecule has 3 aromatic rings. The molecule has 9 heteroatoms. The first kappa shape index (κ1) is 30.5. The van der Waals surface area contributed by atoms with Crippen molar-refractivity contribution >= 4 is 40.5 Å². The van der Waals surface area contributed by atoms with E-state index in [4.69, 9.17) is 21.1 Å². The molecule has 44 heavy (non-hydrogen) atoms. The highest BCUT2D eigenvalue weighted by Gasteiger charge is 2.50. The largest absolute Gasteiger partial charge is 0.465 e. The summed E-state index contributed by atoms with van der Waals surface area (Å²) in [6.45, 7) is 3.71. The van der Waals surface area contributed by atoms with Gasteiger partial charge in [0.2, 0.25) is 5.91 Å². The predicted molar refractivity (Wildman–Crippen MR) is 169 cm³/mol. The van der Waals surface area contributed by atoms with Gasteiger partial charge in [0.25, 0.3) is 0 Å². The number of rotatable bonds is 11. The van der Waals surface area contributed by atoms with Gasteiger partial charge >= 0.3 is 12.1 Å². The van der Waals surface area contributed by atoms with Crippen molar-refractivity contribution in [1.82, 2.24) is 15.2 Å². The lowest BCUT2D eigenvalue weighted by Crippen LogP contribution is -2.61. The van der Waals surface area contributed by atoms with E-state index in [1.807, 2.05) is 42.6 Å². The van der Waals surface area contributed by atoms with E-state index in [0.717, 1.165) is 59.5 Å². The first-order valence-electron chi connectivity index (χ1n) is 15.9. The van der Waals surface area contributed by atoms with Crippen LogP contribution in [0.5, 0.6) is 0 Å². The van der Waals surface area contributed by atoms with Gasteiger partial charge in [-0.3, -0.25) is 9.59 Å². The summed E-state index contributed by atoms with van der Waals surface area (Å²) in [4.78, 5) is 45.7. The van der Waals surface area contributed by atoms with Crippen LogP contribution >= 0.6 is 11.6 Å². The lowest BCUT2D eigenvalue weighted by molar-refractivity contribution is -0.151. The molecule has 4 aliphatic rings. The second-order valence-corrected chi connectivity index (χ2v) is 13.6. The maximum atomic E-state index is 14.5. The van der Waals surface area contributed by atoms with Gasteiger partial charge in [-0.2, -0.15) is 0 Å². The summed E-state index contributed by atoms with van der Waals surface area (Å²) in [5, 5.41) is 4.61. The Labute approximate surface area is 263 Å². The summed E-state index contributed by atoms with van der Waals surface area (Å²) >= 11 is 6.08. The third-order valence-electron chi connectivity index (χ3n) is 9.95. The number of aromatic nitrogens is 1. The SMILES string of the molecule is CCOC(=O)CN(CCc1ccc(Cl)cc1)C(=O)[C@](C)(Cc1c[nH]c2ccccc12)NC(=O)OC1C2CC3CC(C2)CC1C3. The number of ether oxygens (including phenoxy) is 2. The van der Waals surface area contributed by atoms with Crippen molar-refractivity contribution in [3.8, 4) is 0 Å². The molecule has 0 spiro atoms. The Morgan fingerprint density at radius 1 is 1.00 bits per heavy atom. The number of benzene rings is 2. The van der Waals surface area contributed by atoms with Crippen LogP contribution in [0, 0.1) is 23.7 Å². The zero-order chi connectivity index (χ0) is 30.8. The number of amides is 2. The van der Waals surface area contributed by atoms with Gasteiger partial charge in [0, 0.05) is 35.1 Å². The van der Waals surface area contributed by atoms with E-state index in [1.54, 1.807) is 26.0 Å². The van der Waals surface area contributed by atoms with Gasteiger partial charge in [0.15, 0.2) is 0 Å². The number of carbonyl (C=O) groups is 3. The molecule has 1 heterocycles. The standard InChI is InChI=1S/C35H42ClN3O5/c1-3-43-31(40)21-39(13-12-22-8-10-28(36)11-9-22)33(41)35(2,19-27-20-37-30-7-5-4-6-29(27)30)38-34(42)44-32-25-15-23-14-24(17-25)18-26(32)16-23/h4-11,20,23-26,32,37H,3,12-19,21H2,1-2H3,(H,38,42)/t23?,24?,25?,26?,32?,35-/m0/s1. The van der Waals surface area contributed by atoms with Crippen LogP contribution in [0.2, 0.25) is 5.02 Å². The molecule has 2 N–H and O–H groups in total. The van der Waals surface area contributed by atoms with Gasteiger partial charge in [-0.05, 0) is 105 Å². The third kappa shape index (κ3) is 6.60. The zero-order valence-electron chi connectivity index (χ0n) is 25.5. The minimum atomic E-state index is -1.39. The normalized spacial score (nSPS) is 24.9. The maximum absolute atomic E-state index is 14.5. The van der Waals surface area contributed by atoms with Crippen LogP contribution in [0.3, 0.4) is 0 Å². The third-order valence-corrected chi connectivity index (χ3v) is 10.2. The van der Waals surface area contributed by atoms with Crippen molar-refractivity contribution < 1.29 is 23.9 Å². The molecule has 0 saturated heterocycles. The second kappa shape index (κ2) is 12.8. The van der Waals surface area contributed by atoms with E-state index in [9.17, 15) is 14.4 Å². The Morgan fingerprint density at radius 2 is 1.68 bits per heavy atom. The van der Waals surface area contributed by atoms with E-state index in [0.29, 0.717) is 23.3 Å². The highest BCUT2D eigenvalue weighted by Crippen LogP contribution is 2.54. The number of nitrogens with one attached hydrogen (secondary N) is 2. The first-order valence-corrected chi connectivity index (χ1v) is 16.3. The van der Waals surface area contributed by atoms with Crippen molar-refractivity contribution in [3.63, 3.8) is 0 Å². The number of hydrogen-bond donors (Lipinski definition) is 2. The molecular weight excluding hydrogens is 578 g/mol. The van der Waals surface area contributed by atoms with Crippen LogP contribution in [-0.4, -0.2) is 59.2 Å². The van der Waals surface area contributed by atoms with Crippen molar-refractivity contribution in [2.24, 2.45) is 23.7 Å². The molecule has 4 saturated carbocycles. The number of halogens is 1. The molecule has 2 aromatic carbocycles. The van der Waals surface area contributed by atoms with Crippen molar-refractivity contribution in [2.45, 2.75) is 70.4 Å². The molecule has 1 aromatic heterocycles. The lowest BCUT2D eigenvalue weighted by atomic mass is 9.55. The molecule has 1 atom stereocenters. The number of carbonyl (C=O) groups excluding carboxylic acids is 3. The fraction of sp³-hybridized carbons (Fsp3) is 0.514. The van der Waals surface area contributed by atoms with E-state index >= 15 is 0 Å². The quantitative estimate of drug-likeness (QED) is 0.245. The van der Waals surface area contributed by atoms with Crippen molar-refractivity contribution in [2.75, 3.05) is 19.7 Å². The Bertz CT molecular complexity index is 1480. The number of para-hydroxylation sites is 1. The molecular formula is C35H42ClN3O5. The maximum Gasteiger partial charge on any atom is 0.408 e. The van der Waals surface area contributed by atoms with Crippen LogP contribution in [0.1, 0.15) is 57.1 Å². The average molecular weight is 620 g/mol. The topological polar surface area (TPSA) is 101 Å². The Morgan fingerprint density at radius 3 is 2.36 bits per heavy atom. The highest BCUT2D eigenvalue weighted by atomic mass is 35.5. The molecule has 234 valence electrons. The predicted octanol–water partition coefficient (Wildman–Crippen LogP) is 6.31. The number of hydrogen-bond acceptors (Lipinski definition) is 5. The van der Waals surface area contributed by atoms with Gasteiger partial charge in [0.1, 0.15) is 18.2 Å². The van der Waals surface area contributed by atoms with Crippen LogP contribution in [0.4, 0.5) is 4.79 Å². The molecule has 2 amide bonds. The van der Waals surface area contributed by atoms with Crippen LogP contribution in [0.25, 0.3) is 10.9 Å². The molecule has 0 radical (unpaired) electrons. The summed E-state index contributed by atoms with van der Waals surface area (Å²) in [5.41, 5.74) is 1.42. The Kier molecular flexibility index (Phi) is 8.90.